The van der Waals surface area contributed by atoms with Crippen LogP contribution in [-0.4, -0.2) is 40.6 Å². The molecule has 0 spiro atoms. The topological polar surface area (TPSA) is 58.1 Å². The number of amides is 1. The van der Waals surface area contributed by atoms with Crippen molar-refractivity contribution in [1.82, 2.24) is 20.4 Å². The summed E-state index contributed by atoms with van der Waals surface area (Å²) in [5, 5.41) is 8.74. The number of likely N-dealkylation sites (N-methyl/N-ethyl adjacent to an activating group) is 1. The van der Waals surface area contributed by atoms with Gasteiger partial charge < -0.3 is 5.32 Å². The van der Waals surface area contributed by atoms with Gasteiger partial charge in [0.25, 0.3) is 0 Å². The number of fused-ring (bicyclic) bond motifs is 1. The second-order valence-electron chi connectivity index (χ2n) is 5.94. The van der Waals surface area contributed by atoms with Gasteiger partial charge in [-0.05, 0) is 24.6 Å². The molecule has 25 heavy (non-hydrogen) atoms. The lowest BCUT2D eigenvalue weighted by molar-refractivity contribution is -0.138. The fourth-order valence-electron chi connectivity index (χ4n) is 2.83. The van der Waals surface area contributed by atoms with E-state index in [1.54, 1.807) is 0 Å². The molecule has 0 saturated carbocycles. The number of rotatable bonds is 4. The second-order valence-corrected chi connectivity index (χ2v) is 7.01. The van der Waals surface area contributed by atoms with Crippen LogP contribution in [0.4, 0.5) is 13.2 Å². The van der Waals surface area contributed by atoms with Crippen LogP contribution in [0.2, 0.25) is 0 Å². The van der Waals surface area contributed by atoms with Crippen LogP contribution in [0.25, 0.3) is 0 Å². The Hall–Kier alpha value is -2.00. The van der Waals surface area contributed by atoms with Gasteiger partial charge in [0.15, 0.2) is 0 Å². The molecule has 0 saturated heterocycles. The number of nitrogens with one attached hydrogen (secondary N) is 1. The van der Waals surface area contributed by atoms with Gasteiger partial charge in [-0.2, -0.15) is 13.2 Å². The summed E-state index contributed by atoms with van der Waals surface area (Å²) in [5.41, 5.74) is 2.36. The number of hydrogen-bond acceptors (Lipinski definition) is 5. The van der Waals surface area contributed by atoms with Crippen LogP contribution in [0.5, 0.6) is 0 Å². The van der Waals surface area contributed by atoms with E-state index in [-0.39, 0.29) is 29.9 Å². The normalized spacial score (nSPS) is 18.0. The van der Waals surface area contributed by atoms with Crippen molar-refractivity contribution in [3.05, 3.63) is 45.4 Å². The number of carbonyl (C=O) groups excluding carboxylic acids is 1. The summed E-state index contributed by atoms with van der Waals surface area (Å²) in [4.78, 5) is 14.4. The van der Waals surface area contributed by atoms with Crippen LogP contribution in [0.1, 0.15) is 21.1 Å². The van der Waals surface area contributed by atoms with E-state index in [9.17, 15) is 18.0 Å². The molecule has 0 fully saturated rings. The molecule has 5 nitrogen and oxygen atoms in total. The van der Waals surface area contributed by atoms with Crippen LogP contribution < -0.4 is 5.32 Å². The first-order valence-electron chi connectivity index (χ1n) is 7.79. The van der Waals surface area contributed by atoms with Crippen molar-refractivity contribution in [2.24, 2.45) is 0 Å². The zero-order valence-corrected chi connectivity index (χ0v) is 14.3. The fourth-order valence-corrected chi connectivity index (χ4v) is 3.53. The Morgan fingerprint density at radius 3 is 2.72 bits per heavy atom. The van der Waals surface area contributed by atoms with Crippen molar-refractivity contribution in [2.75, 3.05) is 13.6 Å². The van der Waals surface area contributed by atoms with Gasteiger partial charge in [-0.3, -0.25) is 9.69 Å². The van der Waals surface area contributed by atoms with E-state index >= 15 is 0 Å². The third-order valence-corrected chi connectivity index (χ3v) is 5.16. The number of benzene rings is 1. The number of alkyl halides is 3. The molecule has 3 rings (SSSR count). The van der Waals surface area contributed by atoms with Crippen molar-refractivity contribution in [3.8, 4) is 0 Å². The molecule has 0 radical (unpaired) electrons. The van der Waals surface area contributed by atoms with Crippen LogP contribution in [0, 0.1) is 0 Å². The number of nitrogens with zero attached hydrogens (tertiary/aromatic N) is 3. The van der Waals surface area contributed by atoms with E-state index in [2.05, 4.69) is 15.5 Å². The summed E-state index contributed by atoms with van der Waals surface area (Å²) in [6.45, 7) is 0.927. The molecule has 1 aromatic carbocycles. The largest absolute Gasteiger partial charge is 0.445 e. The molecule has 0 bridgehead atoms. The van der Waals surface area contributed by atoms with E-state index < -0.39 is 11.2 Å². The average molecular weight is 370 g/mol. The fraction of sp³-hybridized carbons (Fsp3) is 0.438. The standard InChI is InChI=1S/C16H17F3N4OS/c1-23-9-11-5-3-2-4-10(11)8-12(23)14(24)20-7-6-13-21-22-15(25-13)16(17,18)19/h2-5,12H,6-9H2,1H3,(H,20,24)/t12-/m1/s1. The third kappa shape index (κ3) is 4.16. The minimum atomic E-state index is -4.47. The second kappa shape index (κ2) is 7.09. The van der Waals surface area contributed by atoms with Crippen LogP contribution in [-0.2, 0) is 30.4 Å². The summed E-state index contributed by atoms with van der Waals surface area (Å²) in [5.74, 6) is -0.127. The molecule has 2 heterocycles. The Morgan fingerprint density at radius 1 is 1.32 bits per heavy atom. The Balaban J connectivity index is 1.54. The molecule has 1 aromatic heterocycles. The molecule has 1 N–H and O–H groups in total. The first-order chi connectivity index (χ1) is 11.8. The molecule has 134 valence electrons. The molecule has 0 aliphatic carbocycles. The highest BCUT2D eigenvalue weighted by molar-refractivity contribution is 7.11. The Morgan fingerprint density at radius 2 is 2.04 bits per heavy atom. The van der Waals surface area contributed by atoms with Gasteiger partial charge in [0, 0.05) is 19.5 Å². The number of halogens is 3. The average Bonchev–Trinajstić information content (AvgIpc) is 3.03. The lowest BCUT2D eigenvalue weighted by Gasteiger charge is -2.33. The van der Waals surface area contributed by atoms with Gasteiger partial charge in [0.1, 0.15) is 5.01 Å². The van der Waals surface area contributed by atoms with Crippen molar-refractivity contribution in [3.63, 3.8) is 0 Å². The molecule has 0 unspecified atom stereocenters. The van der Waals surface area contributed by atoms with Gasteiger partial charge in [-0.15, -0.1) is 10.2 Å². The number of carbonyl (C=O) groups is 1. The highest BCUT2D eigenvalue weighted by atomic mass is 32.1. The van der Waals surface area contributed by atoms with Crippen molar-refractivity contribution in [2.45, 2.75) is 31.6 Å². The van der Waals surface area contributed by atoms with Crippen molar-refractivity contribution < 1.29 is 18.0 Å². The highest BCUT2D eigenvalue weighted by Crippen LogP contribution is 2.31. The van der Waals surface area contributed by atoms with Gasteiger partial charge in [-0.1, -0.05) is 35.6 Å². The minimum Gasteiger partial charge on any atom is -0.354 e. The van der Waals surface area contributed by atoms with Crippen LogP contribution in [0.15, 0.2) is 24.3 Å². The SMILES string of the molecule is CN1Cc2ccccc2C[C@@H]1C(=O)NCCc1nnc(C(F)(F)F)s1. The lowest BCUT2D eigenvalue weighted by Crippen LogP contribution is -2.48. The maximum Gasteiger partial charge on any atom is 0.445 e. The third-order valence-electron chi connectivity index (χ3n) is 4.13. The summed E-state index contributed by atoms with van der Waals surface area (Å²) in [7, 11) is 1.89. The summed E-state index contributed by atoms with van der Waals surface area (Å²) >= 11 is 0.509. The van der Waals surface area contributed by atoms with E-state index in [1.165, 1.54) is 5.56 Å². The zero-order valence-electron chi connectivity index (χ0n) is 13.5. The van der Waals surface area contributed by atoms with Crippen LogP contribution >= 0.6 is 11.3 Å². The van der Waals surface area contributed by atoms with E-state index in [1.807, 2.05) is 36.2 Å². The Kier molecular flexibility index (Phi) is 5.05. The number of hydrogen-bond donors (Lipinski definition) is 1. The Labute approximate surface area is 146 Å². The molecule has 1 aliphatic rings. The van der Waals surface area contributed by atoms with Gasteiger partial charge in [-0.25, -0.2) is 0 Å². The quantitative estimate of drug-likeness (QED) is 0.897. The number of aromatic nitrogens is 2. The van der Waals surface area contributed by atoms with E-state index in [0.29, 0.717) is 24.3 Å². The van der Waals surface area contributed by atoms with E-state index in [4.69, 9.17) is 0 Å². The molecular weight excluding hydrogens is 353 g/mol. The van der Waals surface area contributed by atoms with Gasteiger partial charge in [0.2, 0.25) is 10.9 Å². The molecule has 1 aliphatic heterocycles. The maximum absolute atomic E-state index is 12.5. The Bertz CT molecular complexity index is 762. The van der Waals surface area contributed by atoms with Gasteiger partial charge in [0.05, 0.1) is 6.04 Å². The first-order valence-corrected chi connectivity index (χ1v) is 8.60. The van der Waals surface area contributed by atoms with Crippen molar-refractivity contribution >= 4 is 17.2 Å². The highest BCUT2D eigenvalue weighted by Gasteiger charge is 2.35. The smallest absolute Gasteiger partial charge is 0.354 e. The van der Waals surface area contributed by atoms with Crippen molar-refractivity contribution in [1.29, 1.82) is 0 Å². The molecule has 1 amide bonds. The first kappa shape index (κ1) is 17.8. The van der Waals surface area contributed by atoms with Crippen LogP contribution in [0.3, 0.4) is 0 Å². The zero-order chi connectivity index (χ0) is 18.0. The van der Waals surface area contributed by atoms with E-state index in [0.717, 1.165) is 5.56 Å². The summed E-state index contributed by atoms with van der Waals surface area (Å²) < 4.78 is 37.5. The molecule has 1 atom stereocenters. The molecule has 9 heteroatoms. The predicted molar refractivity (Wildman–Crippen MR) is 87.0 cm³/mol. The molecular formula is C16H17F3N4OS. The summed E-state index contributed by atoms with van der Waals surface area (Å²) in [6.07, 6.45) is -3.63. The lowest BCUT2D eigenvalue weighted by atomic mass is 9.94. The summed E-state index contributed by atoms with van der Waals surface area (Å²) in [6, 6.07) is 7.71. The predicted octanol–water partition coefficient (Wildman–Crippen LogP) is 2.27. The monoisotopic (exact) mass is 370 g/mol. The maximum atomic E-state index is 12.5. The minimum absolute atomic E-state index is 0.127. The van der Waals surface area contributed by atoms with Gasteiger partial charge >= 0.3 is 6.18 Å². The molecule has 2 aromatic rings.